The van der Waals surface area contributed by atoms with Crippen LogP contribution in [-0.4, -0.2) is 9.55 Å². The molecule has 0 spiro atoms. The number of aryl methyl sites for hydroxylation is 1. The molecule has 1 aromatic heterocycles. The number of hydrogen-bond acceptors (Lipinski definition) is 2. The van der Waals surface area contributed by atoms with Crippen LogP contribution in [0.4, 0.5) is 0 Å². The SMILES string of the molecule is CCn1c(=O)[nH]c2c(C)c(Cl)ccc2c1=O. The van der Waals surface area contributed by atoms with E-state index in [9.17, 15) is 9.59 Å². The van der Waals surface area contributed by atoms with Gasteiger partial charge in [0.25, 0.3) is 5.56 Å². The summed E-state index contributed by atoms with van der Waals surface area (Å²) in [6.45, 7) is 3.88. The van der Waals surface area contributed by atoms with Crippen LogP contribution < -0.4 is 11.2 Å². The average molecular weight is 239 g/mol. The monoisotopic (exact) mass is 238 g/mol. The van der Waals surface area contributed by atoms with Gasteiger partial charge >= 0.3 is 5.69 Å². The number of rotatable bonds is 1. The lowest BCUT2D eigenvalue weighted by Crippen LogP contribution is -2.34. The highest BCUT2D eigenvalue weighted by Crippen LogP contribution is 2.20. The Hall–Kier alpha value is -1.55. The highest BCUT2D eigenvalue weighted by molar-refractivity contribution is 6.32. The summed E-state index contributed by atoms with van der Waals surface area (Å²) in [6.07, 6.45) is 0. The lowest BCUT2D eigenvalue weighted by atomic mass is 10.1. The molecule has 0 aliphatic carbocycles. The van der Waals surface area contributed by atoms with Crippen LogP contribution in [-0.2, 0) is 6.54 Å². The molecule has 2 aromatic rings. The fourth-order valence-electron chi connectivity index (χ4n) is 1.72. The normalized spacial score (nSPS) is 10.9. The third-order valence-electron chi connectivity index (χ3n) is 2.67. The van der Waals surface area contributed by atoms with E-state index in [-0.39, 0.29) is 5.56 Å². The van der Waals surface area contributed by atoms with Crippen molar-refractivity contribution in [2.24, 2.45) is 0 Å². The largest absolute Gasteiger partial charge is 0.328 e. The first kappa shape index (κ1) is 11.0. The molecule has 0 radical (unpaired) electrons. The molecule has 0 atom stereocenters. The van der Waals surface area contributed by atoms with Crippen LogP contribution in [0.5, 0.6) is 0 Å². The van der Waals surface area contributed by atoms with Gasteiger partial charge in [-0.1, -0.05) is 11.6 Å². The first-order valence-electron chi connectivity index (χ1n) is 4.98. The van der Waals surface area contributed by atoms with Crippen LogP contribution in [0.2, 0.25) is 5.02 Å². The molecule has 0 fully saturated rings. The summed E-state index contributed by atoms with van der Waals surface area (Å²) in [5, 5.41) is 1.03. The third-order valence-corrected chi connectivity index (χ3v) is 3.08. The molecule has 0 amide bonds. The molecule has 84 valence electrons. The number of nitrogens with zero attached hydrogens (tertiary/aromatic N) is 1. The Bertz CT molecular complexity index is 670. The maximum Gasteiger partial charge on any atom is 0.328 e. The van der Waals surface area contributed by atoms with Crippen molar-refractivity contribution in [3.05, 3.63) is 43.6 Å². The van der Waals surface area contributed by atoms with Gasteiger partial charge in [-0.25, -0.2) is 4.79 Å². The van der Waals surface area contributed by atoms with E-state index in [1.807, 2.05) is 0 Å². The fourth-order valence-corrected chi connectivity index (χ4v) is 1.88. The van der Waals surface area contributed by atoms with Crippen molar-refractivity contribution >= 4 is 22.5 Å². The maximum absolute atomic E-state index is 11.9. The lowest BCUT2D eigenvalue weighted by molar-refractivity contribution is 0.684. The molecule has 0 aliphatic rings. The van der Waals surface area contributed by atoms with Crippen molar-refractivity contribution in [3.8, 4) is 0 Å². The van der Waals surface area contributed by atoms with Crippen LogP contribution >= 0.6 is 11.6 Å². The zero-order valence-electron chi connectivity index (χ0n) is 9.00. The zero-order valence-corrected chi connectivity index (χ0v) is 9.76. The van der Waals surface area contributed by atoms with Crippen LogP contribution in [0.25, 0.3) is 10.9 Å². The molecule has 0 bridgehead atoms. The first-order chi connectivity index (χ1) is 7.56. The molecule has 1 aromatic carbocycles. The van der Waals surface area contributed by atoms with Gasteiger partial charge in [-0.15, -0.1) is 0 Å². The maximum atomic E-state index is 11.9. The summed E-state index contributed by atoms with van der Waals surface area (Å²) in [5.74, 6) is 0. The van der Waals surface area contributed by atoms with E-state index in [1.165, 1.54) is 0 Å². The number of nitrogens with one attached hydrogen (secondary N) is 1. The predicted molar refractivity (Wildman–Crippen MR) is 64.2 cm³/mol. The summed E-state index contributed by atoms with van der Waals surface area (Å²) in [6, 6.07) is 3.30. The highest BCUT2D eigenvalue weighted by atomic mass is 35.5. The Labute approximate surface area is 96.5 Å². The van der Waals surface area contributed by atoms with E-state index in [0.29, 0.717) is 22.5 Å². The second-order valence-electron chi connectivity index (χ2n) is 3.57. The van der Waals surface area contributed by atoms with E-state index < -0.39 is 5.69 Å². The van der Waals surface area contributed by atoms with E-state index in [2.05, 4.69) is 4.98 Å². The first-order valence-corrected chi connectivity index (χ1v) is 5.36. The fraction of sp³-hybridized carbons (Fsp3) is 0.273. The molecule has 1 N–H and O–H groups in total. The van der Waals surface area contributed by atoms with E-state index in [1.54, 1.807) is 26.0 Å². The minimum absolute atomic E-state index is 0.277. The van der Waals surface area contributed by atoms with Gasteiger partial charge in [0, 0.05) is 11.6 Å². The second-order valence-corrected chi connectivity index (χ2v) is 3.98. The van der Waals surface area contributed by atoms with Gasteiger partial charge in [0.15, 0.2) is 0 Å². The van der Waals surface area contributed by atoms with Gasteiger partial charge in [0.05, 0.1) is 10.9 Å². The summed E-state index contributed by atoms with van der Waals surface area (Å²) < 4.78 is 1.16. The molecule has 4 nitrogen and oxygen atoms in total. The summed E-state index contributed by atoms with van der Waals surface area (Å²) in [5.41, 5.74) is 0.565. The third kappa shape index (κ3) is 1.46. The van der Waals surface area contributed by atoms with E-state index >= 15 is 0 Å². The highest BCUT2D eigenvalue weighted by Gasteiger charge is 2.09. The number of H-pyrrole nitrogens is 1. The van der Waals surface area contributed by atoms with Crippen LogP contribution in [0.1, 0.15) is 12.5 Å². The van der Waals surface area contributed by atoms with Crippen LogP contribution in [0.15, 0.2) is 21.7 Å². The summed E-state index contributed by atoms with van der Waals surface area (Å²) >= 11 is 5.94. The average Bonchev–Trinajstić information content (AvgIpc) is 2.25. The summed E-state index contributed by atoms with van der Waals surface area (Å²) in [4.78, 5) is 26.2. The van der Waals surface area contributed by atoms with Gasteiger partial charge in [-0.05, 0) is 31.5 Å². The quantitative estimate of drug-likeness (QED) is 0.822. The van der Waals surface area contributed by atoms with E-state index in [0.717, 1.165) is 10.1 Å². The van der Waals surface area contributed by atoms with Gasteiger partial charge in [0.1, 0.15) is 0 Å². The molecule has 1 heterocycles. The molecule has 0 saturated carbocycles. The smallest absolute Gasteiger partial charge is 0.306 e. The molecule has 5 heteroatoms. The minimum Gasteiger partial charge on any atom is -0.306 e. The molecule has 0 unspecified atom stereocenters. The van der Waals surface area contributed by atoms with Crippen molar-refractivity contribution in [3.63, 3.8) is 0 Å². The van der Waals surface area contributed by atoms with Gasteiger partial charge in [0.2, 0.25) is 0 Å². The molecule has 16 heavy (non-hydrogen) atoms. The Morgan fingerprint density at radius 1 is 1.38 bits per heavy atom. The Balaban J connectivity index is 3.05. The van der Waals surface area contributed by atoms with Crippen molar-refractivity contribution < 1.29 is 0 Å². The molecule has 0 saturated heterocycles. The zero-order chi connectivity index (χ0) is 11.9. The number of halogens is 1. The van der Waals surface area contributed by atoms with Crippen molar-refractivity contribution in [2.75, 3.05) is 0 Å². The Morgan fingerprint density at radius 3 is 2.69 bits per heavy atom. The molecular formula is C11H11ClN2O2. The standard InChI is InChI=1S/C11H11ClN2O2/c1-3-14-10(15)7-4-5-8(12)6(2)9(7)13-11(14)16/h4-5H,3H2,1-2H3,(H,13,16). The van der Waals surface area contributed by atoms with Crippen molar-refractivity contribution in [2.45, 2.75) is 20.4 Å². The topological polar surface area (TPSA) is 54.9 Å². The second kappa shape index (κ2) is 3.79. The minimum atomic E-state index is -0.398. The number of benzene rings is 1. The van der Waals surface area contributed by atoms with E-state index in [4.69, 9.17) is 11.6 Å². The van der Waals surface area contributed by atoms with Crippen molar-refractivity contribution in [1.29, 1.82) is 0 Å². The van der Waals surface area contributed by atoms with Gasteiger partial charge in [-0.2, -0.15) is 0 Å². The predicted octanol–water partition coefficient (Wildman–Crippen LogP) is 1.67. The van der Waals surface area contributed by atoms with Crippen LogP contribution in [0.3, 0.4) is 0 Å². The number of hydrogen-bond donors (Lipinski definition) is 1. The number of aromatic nitrogens is 2. The lowest BCUT2D eigenvalue weighted by Gasteiger charge is -2.06. The van der Waals surface area contributed by atoms with Crippen LogP contribution in [0, 0.1) is 6.92 Å². The molecule has 2 rings (SSSR count). The Morgan fingerprint density at radius 2 is 2.06 bits per heavy atom. The summed E-state index contributed by atoms with van der Waals surface area (Å²) in [7, 11) is 0. The molecular weight excluding hydrogens is 228 g/mol. The van der Waals surface area contributed by atoms with Gasteiger partial charge < -0.3 is 4.98 Å². The van der Waals surface area contributed by atoms with Gasteiger partial charge in [-0.3, -0.25) is 9.36 Å². The number of aromatic amines is 1. The van der Waals surface area contributed by atoms with Crippen molar-refractivity contribution in [1.82, 2.24) is 9.55 Å². The number of fused-ring (bicyclic) bond motifs is 1. The molecule has 0 aliphatic heterocycles. The Kier molecular flexibility index (Phi) is 2.59.